The molecule has 4 nitrogen and oxygen atoms in total. The lowest BCUT2D eigenvalue weighted by Crippen LogP contribution is -2.42. The van der Waals surface area contributed by atoms with Crippen molar-refractivity contribution in [1.29, 1.82) is 0 Å². The summed E-state index contributed by atoms with van der Waals surface area (Å²) < 4.78 is 0. The monoisotopic (exact) mass is 225 g/mol. The standard InChI is InChI=1S/C12H23N3O/c1-2-15(11-4-5-11)12(16)10-14-8-3-6-13-7-9-14/h11,13H,2-10H2,1H3. The summed E-state index contributed by atoms with van der Waals surface area (Å²) in [5, 5.41) is 3.36. The lowest BCUT2D eigenvalue weighted by atomic mass is 10.3. The number of nitrogens with one attached hydrogen (secondary N) is 1. The van der Waals surface area contributed by atoms with Crippen molar-refractivity contribution in [2.75, 3.05) is 39.3 Å². The number of amides is 1. The topological polar surface area (TPSA) is 35.6 Å². The summed E-state index contributed by atoms with van der Waals surface area (Å²) in [6, 6.07) is 0.558. The molecule has 1 saturated carbocycles. The molecule has 1 heterocycles. The first-order valence-electron chi connectivity index (χ1n) is 6.54. The molecule has 0 aromatic carbocycles. The molecule has 16 heavy (non-hydrogen) atoms. The van der Waals surface area contributed by atoms with Crippen molar-refractivity contribution < 1.29 is 4.79 Å². The maximum atomic E-state index is 12.1. The summed E-state index contributed by atoms with van der Waals surface area (Å²) in [6.07, 6.45) is 3.57. The molecule has 0 aromatic heterocycles. The third kappa shape index (κ3) is 3.19. The molecule has 1 saturated heterocycles. The van der Waals surface area contributed by atoms with Gasteiger partial charge in [0, 0.05) is 25.7 Å². The summed E-state index contributed by atoms with van der Waals surface area (Å²) in [4.78, 5) is 16.4. The molecule has 1 amide bonds. The summed E-state index contributed by atoms with van der Waals surface area (Å²) in [6.45, 7) is 7.74. The van der Waals surface area contributed by atoms with Crippen molar-refractivity contribution >= 4 is 5.91 Å². The van der Waals surface area contributed by atoms with Gasteiger partial charge in [0.05, 0.1) is 6.54 Å². The van der Waals surface area contributed by atoms with Crippen molar-refractivity contribution in [3.63, 3.8) is 0 Å². The fourth-order valence-corrected chi connectivity index (χ4v) is 2.37. The third-order valence-electron chi connectivity index (χ3n) is 3.44. The van der Waals surface area contributed by atoms with Gasteiger partial charge in [-0.15, -0.1) is 0 Å². The Labute approximate surface area is 98.0 Å². The molecule has 1 N–H and O–H groups in total. The van der Waals surface area contributed by atoms with E-state index >= 15 is 0 Å². The van der Waals surface area contributed by atoms with Crippen LogP contribution in [0.2, 0.25) is 0 Å². The van der Waals surface area contributed by atoms with Crippen molar-refractivity contribution in [2.24, 2.45) is 0 Å². The van der Waals surface area contributed by atoms with E-state index in [9.17, 15) is 4.79 Å². The molecular formula is C12H23N3O. The quantitative estimate of drug-likeness (QED) is 0.747. The van der Waals surface area contributed by atoms with Gasteiger partial charge in [-0.05, 0) is 39.3 Å². The van der Waals surface area contributed by atoms with Gasteiger partial charge >= 0.3 is 0 Å². The van der Waals surface area contributed by atoms with Crippen molar-refractivity contribution in [3.05, 3.63) is 0 Å². The summed E-state index contributed by atoms with van der Waals surface area (Å²) in [5.41, 5.74) is 0. The molecule has 4 heteroatoms. The number of hydrogen-bond donors (Lipinski definition) is 1. The van der Waals surface area contributed by atoms with Gasteiger partial charge in [-0.2, -0.15) is 0 Å². The molecule has 0 unspecified atom stereocenters. The van der Waals surface area contributed by atoms with E-state index in [0.29, 0.717) is 18.5 Å². The number of carbonyl (C=O) groups excluding carboxylic acids is 1. The Kier molecular flexibility index (Phi) is 4.18. The lowest BCUT2D eigenvalue weighted by Gasteiger charge is -2.25. The molecular weight excluding hydrogens is 202 g/mol. The first kappa shape index (κ1) is 11.9. The van der Waals surface area contributed by atoms with Crippen LogP contribution in [0.4, 0.5) is 0 Å². The number of hydrogen-bond acceptors (Lipinski definition) is 3. The van der Waals surface area contributed by atoms with Crippen LogP contribution in [-0.2, 0) is 4.79 Å². The highest BCUT2D eigenvalue weighted by Gasteiger charge is 2.31. The van der Waals surface area contributed by atoms with Crippen LogP contribution in [0.25, 0.3) is 0 Å². The van der Waals surface area contributed by atoms with Gasteiger partial charge in [-0.3, -0.25) is 9.69 Å². The van der Waals surface area contributed by atoms with E-state index in [-0.39, 0.29) is 0 Å². The Hall–Kier alpha value is -0.610. The minimum atomic E-state index is 0.326. The van der Waals surface area contributed by atoms with Crippen LogP contribution in [0.3, 0.4) is 0 Å². The van der Waals surface area contributed by atoms with Gasteiger partial charge in [0.25, 0.3) is 0 Å². The molecule has 2 rings (SSSR count). The van der Waals surface area contributed by atoms with E-state index in [2.05, 4.69) is 22.0 Å². The van der Waals surface area contributed by atoms with Crippen molar-refractivity contribution in [2.45, 2.75) is 32.2 Å². The molecule has 1 aliphatic heterocycles. The Morgan fingerprint density at radius 2 is 2.19 bits per heavy atom. The summed E-state index contributed by atoms with van der Waals surface area (Å²) >= 11 is 0. The highest BCUT2D eigenvalue weighted by molar-refractivity contribution is 5.78. The highest BCUT2D eigenvalue weighted by Crippen LogP contribution is 2.26. The second-order valence-electron chi connectivity index (χ2n) is 4.79. The summed E-state index contributed by atoms with van der Waals surface area (Å²) in [5.74, 6) is 0.326. The van der Waals surface area contributed by atoms with E-state index in [0.717, 1.165) is 39.1 Å². The molecule has 1 aliphatic carbocycles. The van der Waals surface area contributed by atoms with Crippen LogP contribution in [0.15, 0.2) is 0 Å². The van der Waals surface area contributed by atoms with Crippen molar-refractivity contribution in [1.82, 2.24) is 15.1 Å². The van der Waals surface area contributed by atoms with Crippen molar-refractivity contribution in [3.8, 4) is 0 Å². The van der Waals surface area contributed by atoms with E-state index in [4.69, 9.17) is 0 Å². The van der Waals surface area contributed by atoms with Gasteiger partial charge in [-0.1, -0.05) is 0 Å². The number of nitrogens with zero attached hydrogens (tertiary/aromatic N) is 2. The van der Waals surface area contributed by atoms with Crippen LogP contribution in [0, 0.1) is 0 Å². The van der Waals surface area contributed by atoms with E-state index in [1.54, 1.807) is 0 Å². The van der Waals surface area contributed by atoms with E-state index < -0.39 is 0 Å². The van der Waals surface area contributed by atoms with Gasteiger partial charge in [0.1, 0.15) is 0 Å². The van der Waals surface area contributed by atoms with Gasteiger partial charge in [0.2, 0.25) is 5.91 Å². The fourth-order valence-electron chi connectivity index (χ4n) is 2.37. The van der Waals surface area contributed by atoms with E-state index in [1.807, 2.05) is 0 Å². The number of carbonyl (C=O) groups is 1. The molecule has 92 valence electrons. The van der Waals surface area contributed by atoms with Gasteiger partial charge in [0.15, 0.2) is 0 Å². The molecule has 0 atom stereocenters. The maximum Gasteiger partial charge on any atom is 0.236 e. The van der Waals surface area contributed by atoms with Crippen LogP contribution in [0.5, 0.6) is 0 Å². The molecule has 0 radical (unpaired) electrons. The average molecular weight is 225 g/mol. The Morgan fingerprint density at radius 3 is 2.88 bits per heavy atom. The highest BCUT2D eigenvalue weighted by atomic mass is 16.2. The maximum absolute atomic E-state index is 12.1. The number of rotatable bonds is 4. The predicted molar refractivity (Wildman–Crippen MR) is 64.3 cm³/mol. The van der Waals surface area contributed by atoms with Crippen LogP contribution in [0.1, 0.15) is 26.2 Å². The van der Waals surface area contributed by atoms with Crippen LogP contribution in [-0.4, -0.2) is 61.0 Å². The Bertz CT molecular complexity index is 232. The smallest absolute Gasteiger partial charge is 0.236 e. The lowest BCUT2D eigenvalue weighted by molar-refractivity contribution is -0.132. The number of likely N-dealkylation sites (N-methyl/N-ethyl adjacent to an activating group) is 1. The molecule has 0 bridgehead atoms. The predicted octanol–water partition coefficient (Wildman–Crippen LogP) is 0.293. The first-order valence-corrected chi connectivity index (χ1v) is 6.54. The van der Waals surface area contributed by atoms with Crippen LogP contribution >= 0.6 is 0 Å². The zero-order chi connectivity index (χ0) is 11.4. The normalized spacial score (nSPS) is 22.8. The summed E-state index contributed by atoms with van der Waals surface area (Å²) in [7, 11) is 0. The fraction of sp³-hybridized carbons (Fsp3) is 0.917. The van der Waals surface area contributed by atoms with Crippen LogP contribution < -0.4 is 5.32 Å². The second-order valence-corrected chi connectivity index (χ2v) is 4.79. The van der Waals surface area contributed by atoms with E-state index in [1.165, 1.54) is 12.8 Å². The molecule has 0 aromatic rings. The SMILES string of the molecule is CCN(C(=O)CN1CCCNCC1)C1CC1. The zero-order valence-corrected chi connectivity index (χ0v) is 10.2. The molecule has 2 fully saturated rings. The second kappa shape index (κ2) is 5.64. The minimum Gasteiger partial charge on any atom is -0.339 e. The average Bonchev–Trinajstić information content (AvgIpc) is 3.06. The third-order valence-corrected chi connectivity index (χ3v) is 3.44. The minimum absolute atomic E-state index is 0.326. The first-order chi connectivity index (χ1) is 7.81. The van der Waals surface area contributed by atoms with Gasteiger partial charge < -0.3 is 10.2 Å². The Balaban J connectivity index is 1.79. The zero-order valence-electron chi connectivity index (χ0n) is 10.2. The van der Waals surface area contributed by atoms with Gasteiger partial charge in [-0.25, -0.2) is 0 Å². The largest absolute Gasteiger partial charge is 0.339 e. The molecule has 2 aliphatic rings. The molecule has 0 spiro atoms. The Morgan fingerprint density at radius 1 is 1.38 bits per heavy atom.